The van der Waals surface area contributed by atoms with Crippen molar-refractivity contribution in [3.63, 3.8) is 0 Å². The largest absolute Gasteiger partial charge is 0.481 e. The standard InChI is InChI=1S/C34H39N3O5/c1-23-20-25(18-19-29(23)42-28-16-9-6-10-17-28)12-11-15-27(21-30(38)39)32(40)37-31(34(3,4)22-35)33(41)36-24(2)26-13-7-5-8-14-26/h5-10,13-14,16-20,24,27,31H,11-12,15,21H2,1-4H3,(H,36,41)(H,37,40)(H,38,39)/t24-,27-,31-/m1/s1. The van der Waals surface area contributed by atoms with E-state index in [9.17, 15) is 24.8 Å². The van der Waals surface area contributed by atoms with Crippen molar-refractivity contribution in [1.82, 2.24) is 10.6 Å². The molecule has 0 aliphatic heterocycles. The van der Waals surface area contributed by atoms with Crippen LogP contribution in [0.15, 0.2) is 78.9 Å². The maximum Gasteiger partial charge on any atom is 0.304 e. The van der Waals surface area contributed by atoms with E-state index in [1.807, 2.05) is 92.7 Å². The van der Waals surface area contributed by atoms with Gasteiger partial charge < -0.3 is 20.5 Å². The van der Waals surface area contributed by atoms with Crippen LogP contribution in [0, 0.1) is 29.6 Å². The highest BCUT2D eigenvalue weighted by Crippen LogP contribution is 2.27. The predicted octanol–water partition coefficient (Wildman–Crippen LogP) is 6.11. The van der Waals surface area contributed by atoms with Crippen LogP contribution in [0.4, 0.5) is 0 Å². The number of carboxylic acid groups (broad SMARTS) is 1. The van der Waals surface area contributed by atoms with Crippen molar-refractivity contribution in [1.29, 1.82) is 5.26 Å². The minimum absolute atomic E-state index is 0.307. The number of nitriles is 1. The van der Waals surface area contributed by atoms with Crippen LogP contribution in [-0.2, 0) is 20.8 Å². The van der Waals surface area contributed by atoms with Crippen LogP contribution in [0.1, 0.15) is 62.8 Å². The molecule has 3 aromatic rings. The van der Waals surface area contributed by atoms with Gasteiger partial charge in [0.15, 0.2) is 0 Å². The van der Waals surface area contributed by atoms with Crippen molar-refractivity contribution in [3.8, 4) is 17.6 Å². The molecule has 0 spiro atoms. The van der Waals surface area contributed by atoms with Crippen molar-refractivity contribution in [2.75, 3.05) is 0 Å². The molecule has 0 aliphatic carbocycles. The van der Waals surface area contributed by atoms with Gasteiger partial charge in [-0.2, -0.15) is 5.26 Å². The minimum Gasteiger partial charge on any atom is -0.481 e. The highest BCUT2D eigenvalue weighted by Gasteiger charge is 2.38. The van der Waals surface area contributed by atoms with E-state index < -0.39 is 35.2 Å². The number of benzene rings is 3. The fourth-order valence-corrected chi connectivity index (χ4v) is 4.71. The summed E-state index contributed by atoms with van der Waals surface area (Å²) in [5.41, 5.74) is 1.66. The Kier molecular flexibility index (Phi) is 11.3. The SMILES string of the molecule is Cc1cc(CCC[C@H](CC(=O)O)C(=O)N[C@H](C(=O)N[C@H](C)c2ccccc2)C(C)(C)C#N)ccc1Oc1ccccc1. The van der Waals surface area contributed by atoms with E-state index >= 15 is 0 Å². The lowest BCUT2D eigenvalue weighted by atomic mass is 9.84. The van der Waals surface area contributed by atoms with Gasteiger partial charge in [-0.15, -0.1) is 0 Å². The Hall–Kier alpha value is -4.64. The number of nitrogens with zero attached hydrogens (tertiary/aromatic N) is 1. The maximum atomic E-state index is 13.3. The third kappa shape index (κ3) is 9.20. The van der Waals surface area contributed by atoms with Crippen LogP contribution in [0.25, 0.3) is 0 Å². The summed E-state index contributed by atoms with van der Waals surface area (Å²) in [4.78, 5) is 38.3. The van der Waals surface area contributed by atoms with Gasteiger partial charge in [-0.3, -0.25) is 14.4 Å². The summed E-state index contributed by atoms with van der Waals surface area (Å²) < 4.78 is 5.95. The average Bonchev–Trinajstić information content (AvgIpc) is 2.97. The fourth-order valence-electron chi connectivity index (χ4n) is 4.71. The zero-order valence-corrected chi connectivity index (χ0v) is 24.6. The molecule has 0 radical (unpaired) electrons. The Bertz CT molecular complexity index is 1400. The fraction of sp³-hybridized carbons (Fsp3) is 0.353. The second kappa shape index (κ2) is 14.8. The third-order valence-corrected chi connectivity index (χ3v) is 7.24. The van der Waals surface area contributed by atoms with Crippen molar-refractivity contribution in [3.05, 3.63) is 95.6 Å². The number of aryl methyl sites for hydroxylation is 2. The molecule has 220 valence electrons. The number of rotatable bonds is 14. The summed E-state index contributed by atoms with van der Waals surface area (Å²) in [6.45, 7) is 6.93. The predicted molar refractivity (Wildman–Crippen MR) is 161 cm³/mol. The van der Waals surface area contributed by atoms with E-state index in [1.54, 1.807) is 13.8 Å². The molecular weight excluding hydrogens is 530 g/mol. The number of ether oxygens (including phenoxy) is 1. The molecule has 0 saturated heterocycles. The first-order chi connectivity index (χ1) is 20.0. The first-order valence-electron chi connectivity index (χ1n) is 14.1. The smallest absolute Gasteiger partial charge is 0.304 e. The van der Waals surface area contributed by atoms with Crippen molar-refractivity contribution >= 4 is 17.8 Å². The Balaban J connectivity index is 1.65. The highest BCUT2D eigenvalue weighted by molar-refractivity contribution is 5.91. The minimum atomic E-state index is -1.23. The van der Waals surface area contributed by atoms with Gasteiger partial charge in [0.1, 0.15) is 17.5 Å². The van der Waals surface area contributed by atoms with Gasteiger partial charge in [-0.05, 0) is 81.8 Å². The lowest BCUT2D eigenvalue weighted by Gasteiger charge is -2.30. The van der Waals surface area contributed by atoms with Gasteiger partial charge in [0, 0.05) is 5.92 Å². The molecule has 3 aromatic carbocycles. The van der Waals surface area contributed by atoms with Crippen LogP contribution in [0.5, 0.6) is 11.5 Å². The van der Waals surface area contributed by atoms with Crippen molar-refractivity contribution < 1.29 is 24.2 Å². The molecule has 0 heterocycles. The van der Waals surface area contributed by atoms with Gasteiger partial charge in [0.2, 0.25) is 11.8 Å². The Morgan fingerprint density at radius 3 is 2.19 bits per heavy atom. The summed E-state index contributed by atoms with van der Waals surface area (Å²) in [5, 5.41) is 24.9. The Morgan fingerprint density at radius 1 is 0.952 bits per heavy atom. The average molecular weight is 570 g/mol. The number of carboxylic acids is 1. The van der Waals surface area contributed by atoms with Gasteiger partial charge in [-0.1, -0.05) is 60.7 Å². The normalized spacial score (nSPS) is 13.2. The second-order valence-electron chi connectivity index (χ2n) is 11.1. The molecule has 0 aliphatic rings. The van der Waals surface area contributed by atoms with E-state index in [4.69, 9.17) is 4.74 Å². The monoisotopic (exact) mass is 569 g/mol. The number of hydrogen-bond donors (Lipinski definition) is 3. The Labute approximate surface area is 247 Å². The first kappa shape index (κ1) is 31.9. The van der Waals surface area contributed by atoms with E-state index in [2.05, 4.69) is 16.7 Å². The van der Waals surface area contributed by atoms with Crippen molar-refractivity contribution in [2.45, 2.75) is 65.5 Å². The van der Waals surface area contributed by atoms with E-state index in [0.717, 1.165) is 28.2 Å². The summed E-state index contributed by atoms with van der Waals surface area (Å²) in [7, 11) is 0. The van der Waals surface area contributed by atoms with E-state index in [-0.39, 0.29) is 12.5 Å². The van der Waals surface area contributed by atoms with E-state index in [1.165, 1.54) is 0 Å². The second-order valence-corrected chi connectivity index (χ2v) is 11.1. The maximum absolute atomic E-state index is 13.3. The Morgan fingerprint density at radius 2 is 1.60 bits per heavy atom. The third-order valence-electron chi connectivity index (χ3n) is 7.24. The molecule has 0 unspecified atom stereocenters. The molecule has 8 nitrogen and oxygen atoms in total. The molecule has 2 amide bonds. The zero-order valence-electron chi connectivity index (χ0n) is 24.6. The number of hydrogen-bond acceptors (Lipinski definition) is 5. The van der Waals surface area contributed by atoms with Crippen LogP contribution in [-0.4, -0.2) is 28.9 Å². The molecule has 0 aromatic heterocycles. The van der Waals surface area contributed by atoms with Gasteiger partial charge >= 0.3 is 5.97 Å². The molecule has 3 N–H and O–H groups in total. The molecule has 0 bridgehead atoms. The molecular formula is C34H39N3O5. The van der Waals surface area contributed by atoms with Crippen LogP contribution in [0.3, 0.4) is 0 Å². The zero-order chi connectivity index (χ0) is 30.7. The van der Waals surface area contributed by atoms with Gasteiger partial charge in [-0.25, -0.2) is 0 Å². The molecule has 3 atom stereocenters. The number of carbonyl (C=O) groups excluding carboxylic acids is 2. The van der Waals surface area contributed by atoms with Crippen LogP contribution >= 0.6 is 0 Å². The number of para-hydroxylation sites is 1. The summed E-state index contributed by atoms with van der Waals surface area (Å²) in [5.74, 6) is -1.53. The molecule has 0 saturated carbocycles. The summed E-state index contributed by atoms with van der Waals surface area (Å²) in [6.07, 6.45) is 1.13. The van der Waals surface area contributed by atoms with Gasteiger partial charge in [0.25, 0.3) is 0 Å². The number of amides is 2. The van der Waals surface area contributed by atoms with Crippen LogP contribution in [0.2, 0.25) is 0 Å². The topological polar surface area (TPSA) is 129 Å². The summed E-state index contributed by atoms with van der Waals surface area (Å²) >= 11 is 0. The molecule has 3 rings (SSSR count). The summed E-state index contributed by atoms with van der Waals surface area (Å²) in [6, 6.07) is 25.3. The number of carbonyl (C=O) groups is 3. The molecule has 8 heteroatoms. The van der Waals surface area contributed by atoms with E-state index in [0.29, 0.717) is 19.3 Å². The van der Waals surface area contributed by atoms with Crippen molar-refractivity contribution in [2.24, 2.45) is 11.3 Å². The number of aliphatic carboxylic acids is 1. The van der Waals surface area contributed by atoms with Crippen LogP contribution < -0.4 is 15.4 Å². The number of nitrogens with one attached hydrogen (secondary N) is 2. The molecule has 42 heavy (non-hydrogen) atoms. The van der Waals surface area contributed by atoms with Gasteiger partial charge in [0.05, 0.1) is 23.9 Å². The highest BCUT2D eigenvalue weighted by atomic mass is 16.5. The lowest BCUT2D eigenvalue weighted by molar-refractivity contribution is -0.142. The lowest BCUT2D eigenvalue weighted by Crippen LogP contribution is -2.55. The first-order valence-corrected chi connectivity index (χ1v) is 14.1. The quantitative estimate of drug-likeness (QED) is 0.215. The molecule has 0 fully saturated rings.